The Balaban J connectivity index is 1.97. The van der Waals surface area contributed by atoms with Gasteiger partial charge in [-0.2, -0.15) is 5.10 Å². The van der Waals surface area contributed by atoms with Crippen LogP contribution in [0, 0.1) is 12.3 Å². The van der Waals surface area contributed by atoms with E-state index in [-0.39, 0.29) is 11.3 Å². The smallest absolute Gasteiger partial charge is 0.254 e. The first kappa shape index (κ1) is 14.6. The van der Waals surface area contributed by atoms with Crippen molar-refractivity contribution < 1.29 is 4.79 Å². The molecule has 0 unspecified atom stereocenters. The molecule has 1 N–H and O–H groups in total. The third-order valence-corrected chi connectivity index (χ3v) is 5.27. The van der Waals surface area contributed by atoms with Crippen molar-refractivity contribution in [3.05, 3.63) is 17.5 Å². The van der Waals surface area contributed by atoms with Crippen LogP contribution in [0.4, 0.5) is 0 Å². The Hall–Kier alpha value is -0.840. The van der Waals surface area contributed by atoms with Crippen LogP contribution in [0.25, 0.3) is 0 Å². The molecule has 1 heterocycles. The van der Waals surface area contributed by atoms with E-state index in [0.29, 0.717) is 5.56 Å². The van der Waals surface area contributed by atoms with E-state index in [9.17, 15) is 4.79 Å². The van der Waals surface area contributed by atoms with Gasteiger partial charge in [-0.05, 0) is 25.2 Å². The summed E-state index contributed by atoms with van der Waals surface area (Å²) in [4.78, 5) is 12.2. The summed E-state index contributed by atoms with van der Waals surface area (Å²) in [5.74, 6) is -0.00324. The first-order valence-electron chi connectivity index (χ1n) is 6.91. The van der Waals surface area contributed by atoms with E-state index in [4.69, 9.17) is 0 Å². The number of carbonyl (C=O) groups excluding carboxylic acids is 1. The Morgan fingerprint density at radius 1 is 1.47 bits per heavy atom. The first-order chi connectivity index (χ1) is 9.06. The number of rotatable bonds is 4. The van der Waals surface area contributed by atoms with Gasteiger partial charge in [0.2, 0.25) is 0 Å². The average molecular weight is 328 g/mol. The second kappa shape index (κ2) is 6.07. The van der Waals surface area contributed by atoms with E-state index in [2.05, 4.69) is 26.3 Å². The summed E-state index contributed by atoms with van der Waals surface area (Å²) in [6, 6.07) is 0. The van der Waals surface area contributed by atoms with Crippen LogP contribution in [0.2, 0.25) is 0 Å². The summed E-state index contributed by atoms with van der Waals surface area (Å²) < 4.78 is 1.69. The number of nitrogens with zero attached hydrogens (tertiary/aromatic N) is 2. The van der Waals surface area contributed by atoms with Gasteiger partial charge in [-0.25, -0.2) is 0 Å². The molecule has 1 aromatic heterocycles. The maximum absolute atomic E-state index is 12.2. The topological polar surface area (TPSA) is 46.9 Å². The number of nitrogens with one attached hydrogen (secondary N) is 1. The highest BCUT2D eigenvalue weighted by Crippen LogP contribution is 2.37. The van der Waals surface area contributed by atoms with Gasteiger partial charge in [0.15, 0.2) is 0 Å². The van der Waals surface area contributed by atoms with Crippen molar-refractivity contribution in [2.24, 2.45) is 12.5 Å². The minimum Gasteiger partial charge on any atom is -0.351 e. The van der Waals surface area contributed by atoms with Gasteiger partial charge in [-0.1, -0.05) is 35.2 Å². The number of hydrogen-bond acceptors (Lipinski definition) is 2. The lowest BCUT2D eigenvalue weighted by Gasteiger charge is -2.35. The molecule has 1 amide bonds. The van der Waals surface area contributed by atoms with Gasteiger partial charge in [0.1, 0.15) is 0 Å². The normalized spacial score (nSPS) is 18.3. The zero-order valence-corrected chi connectivity index (χ0v) is 13.3. The van der Waals surface area contributed by atoms with Gasteiger partial charge < -0.3 is 5.32 Å². The van der Waals surface area contributed by atoms with Crippen LogP contribution in [0.15, 0.2) is 6.20 Å². The number of carbonyl (C=O) groups is 1. The summed E-state index contributed by atoms with van der Waals surface area (Å²) in [7, 11) is 1.84. The van der Waals surface area contributed by atoms with E-state index in [1.165, 1.54) is 32.1 Å². The largest absolute Gasteiger partial charge is 0.351 e. The summed E-state index contributed by atoms with van der Waals surface area (Å²) in [5, 5.41) is 8.27. The molecule has 5 heteroatoms. The molecule has 0 radical (unpaired) electrons. The van der Waals surface area contributed by atoms with Crippen LogP contribution >= 0.6 is 15.9 Å². The minimum absolute atomic E-state index is 0.00324. The zero-order valence-electron chi connectivity index (χ0n) is 11.7. The van der Waals surface area contributed by atoms with Gasteiger partial charge in [0.25, 0.3) is 5.91 Å². The number of halogens is 1. The van der Waals surface area contributed by atoms with Gasteiger partial charge in [-0.3, -0.25) is 9.48 Å². The van der Waals surface area contributed by atoms with Crippen LogP contribution < -0.4 is 5.32 Å². The molecule has 1 saturated carbocycles. The second-order valence-corrected chi connectivity index (χ2v) is 6.24. The molecule has 1 aromatic rings. The molecular formula is C14H22BrN3O. The van der Waals surface area contributed by atoms with Crippen molar-refractivity contribution in [2.45, 2.75) is 39.0 Å². The molecule has 0 aromatic carbocycles. The summed E-state index contributed by atoms with van der Waals surface area (Å²) in [5.41, 5.74) is 1.71. The predicted molar refractivity (Wildman–Crippen MR) is 79.6 cm³/mol. The van der Waals surface area contributed by atoms with E-state index in [0.717, 1.165) is 17.6 Å². The molecule has 4 nitrogen and oxygen atoms in total. The van der Waals surface area contributed by atoms with Gasteiger partial charge in [0.05, 0.1) is 11.3 Å². The van der Waals surface area contributed by atoms with E-state index < -0.39 is 0 Å². The molecule has 0 aliphatic heterocycles. The van der Waals surface area contributed by atoms with Crippen LogP contribution in [0.3, 0.4) is 0 Å². The fraction of sp³-hybridized carbons (Fsp3) is 0.714. The molecular weight excluding hydrogens is 306 g/mol. The molecule has 0 spiro atoms. The first-order valence-corrected chi connectivity index (χ1v) is 8.03. The molecule has 0 saturated heterocycles. The minimum atomic E-state index is -0.00324. The van der Waals surface area contributed by atoms with Crippen LogP contribution in [-0.4, -0.2) is 27.6 Å². The van der Waals surface area contributed by atoms with Crippen molar-refractivity contribution >= 4 is 21.8 Å². The lowest BCUT2D eigenvalue weighted by molar-refractivity contribution is 0.0921. The van der Waals surface area contributed by atoms with Crippen molar-refractivity contribution in [2.75, 3.05) is 11.9 Å². The SMILES string of the molecule is Cc1nn(C)cc1C(=O)NCC1(CBr)CCCCC1. The molecule has 19 heavy (non-hydrogen) atoms. The van der Waals surface area contributed by atoms with Gasteiger partial charge in [0, 0.05) is 25.1 Å². The summed E-state index contributed by atoms with van der Waals surface area (Å²) >= 11 is 3.63. The molecule has 1 fully saturated rings. The average Bonchev–Trinajstić information content (AvgIpc) is 2.76. The molecule has 106 valence electrons. The van der Waals surface area contributed by atoms with E-state index >= 15 is 0 Å². The number of aromatic nitrogens is 2. The predicted octanol–water partition coefficient (Wildman–Crippen LogP) is 2.80. The zero-order chi connectivity index (χ0) is 13.9. The van der Waals surface area contributed by atoms with Crippen molar-refractivity contribution in [3.8, 4) is 0 Å². The monoisotopic (exact) mass is 327 g/mol. The van der Waals surface area contributed by atoms with Crippen molar-refractivity contribution in [3.63, 3.8) is 0 Å². The number of hydrogen-bond donors (Lipinski definition) is 1. The van der Waals surface area contributed by atoms with Gasteiger partial charge in [-0.15, -0.1) is 0 Å². The van der Waals surface area contributed by atoms with Crippen molar-refractivity contribution in [1.29, 1.82) is 0 Å². The van der Waals surface area contributed by atoms with Crippen LogP contribution in [0.1, 0.15) is 48.2 Å². The Kier molecular flexibility index (Phi) is 4.66. The second-order valence-electron chi connectivity index (χ2n) is 5.68. The lowest BCUT2D eigenvalue weighted by atomic mass is 9.75. The third kappa shape index (κ3) is 3.38. The lowest BCUT2D eigenvalue weighted by Crippen LogP contribution is -2.40. The third-order valence-electron chi connectivity index (χ3n) is 4.08. The number of aryl methyl sites for hydroxylation is 2. The quantitative estimate of drug-likeness (QED) is 0.864. The van der Waals surface area contributed by atoms with Gasteiger partial charge >= 0.3 is 0 Å². The number of amides is 1. The highest BCUT2D eigenvalue weighted by molar-refractivity contribution is 9.09. The summed E-state index contributed by atoms with van der Waals surface area (Å²) in [6.45, 7) is 2.63. The standard InChI is InChI=1S/C14H22BrN3O/c1-11-12(8-18(2)17-11)13(19)16-10-14(9-15)6-4-3-5-7-14/h8H,3-7,9-10H2,1-2H3,(H,16,19). The number of alkyl halides is 1. The molecule has 0 bridgehead atoms. The molecule has 1 aliphatic rings. The molecule has 0 atom stereocenters. The highest BCUT2D eigenvalue weighted by atomic mass is 79.9. The fourth-order valence-electron chi connectivity index (χ4n) is 2.84. The maximum Gasteiger partial charge on any atom is 0.254 e. The van der Waals surface area contributed by atoms with Crippen LogP contribution in [-0.2, 0) is 7.05 Å². The maximum atomic E-state index is 12.2. The Morgan fingerprint density at radius 2 is 2.16 bits per heavy atom. The molecule has 1 aliphatic carbocycles. The van der Waals surface area contributed by atoms with E-state index in [1.807, 2.05) is 14.0 Å². The van der Waals surface area contributed by atoms with Crippen LogP contribution in [0.5, 0.6) is 0 Å². The Bertz CT molecular complexity index is 450. The van der Waals surface area contributed by atoms with E-state index in [1.54, 1.807) is 10.9 Å². The molecule has 2 rings (SSSR count). The Labute approximate surface area is 123 Å². The fourth-order valence-corrected chi connectivity index (χ4v) is 3.60. The highest BCUT2D eigenvalue weighted by Gasteiger charge is 2.31. The summed E-state index contributed by atoms with van der Waals surface area (Å²) in [6.07, 6.45) is 8.05. The Morgan fingerprint density at radius 3 is 2.68 bits per heavy atom. The van der Waals surface area contributed by atoms with Crippen molar-refractivity contribution in [1.82, 2.24) is 15.1 Å².